The van der Waals surface area contributed by atoms with Gasteiger partial charge in [-0.25, -0.2) is 4.79 Å². The third-order valence-corrected chi connectivity index (χ3v) is 3.67. The highest BCUT2D eigenvalue weighted by atomic mass is 16.6. The van der Waals surface area contributed by atoms with Crippen molar-refractivity contribution in [2.45, 2.75) is 52.1 Å². The number of hydrogen-bond acceptors (Lipinski definition) is 2. The number of nitrogens with zero attached hydrogens (tertiary/aromatic N) is 1. The van der Waals surface area contributed by atoms with Crippen LogP contribution in [0.3, 0.4) is 0 Å². The molecule has 3 rings (SSSR count). The molecule has 3 heteroatoms. The Morgan fingerprint density at radius 3 is 2.60 bits per heavy atom. The van der Waals surface area contributed by atoms with Crippen molar-refractivity contribution in [1.29, 1.82) is 0 Å². The zero-order valence-corrected chi connectivity index (χ0v) is 12.6. The predicted octanol–water partition coefficient (Wildman–Crippen LogP) is 4.61. The van der Waals surface area contributed by atoms with Crippen molar-refractivity contribution >= 4 is 17.0 Å². The van der Waals surface area contributed by atoms with Crippen LogP contribution < -0.4 is 0 Å². The Kier molecular flexibility index (Phi) is 2.89. The molecule has 20 heavy (non-hydrogen) atoms. The first kappa shape index (κ1) is 13.2. The highest BCUT2D eigenvalue weighted by Crippen LogP contribution is 2.41. The summed E-state index contributed by atoms with van der Waals surface area (Å²) in [4.78, 5) is 12.3. The van der Waals surface area contributed by atoms with E-state index < -0.39 is 5.60 Å². The van der Waals surface area contributed by atoms with E-state index in [1.807, 2.05) is 40.0 Å². The summed E-state index contributed by atoms with van der Waals surface area (Å²) in [5.74, 6) is 0.726. The summed E-state index contributed by atoms with van der Waals surface area (Å²) < 4.78 is 7.08. The SMILES string of the molecule is Cc1cn(C(=O)OC(C)(C)C)c2ccc(C3CC3)cc12. The molecule has 1 aromatic heterocycles. The molecule has 0 unspecified atom stereocenters. The number of ether oxygens (including phenoxy) is 1. The molecule has 1 fully saturated rings. The van der Waals surface area contributed by atoms with E-state index in [1.165, 1.54) is 18.4 Å². The summed E-state index contributed by atoms with van der Waals surface area (Å²) in [5, 5.41) is 1.15. The molecule has 0 aliphatic heterocycles. The number of aryl methyl sites for hydroxylation is 1. The largest absolute Gasteiger partial charge is 0.443 e. The topological polar surface area (TPSA) is 31.2 Å². The van der Waals surface area contributed by atoms with E-state index in [-0.39, 0.29) is 6.09 Å². The fraction of sp³-hybridized carbons (Fsp3) is 0.471. The zero-order valence-electron chi connectivity index (χ0n) is 12.6. The minimum atomic E-state index is -0.477. The van der Waals surface area contributed by atoms with E-state index in [0.29, 0.717) is 0 Å². The Hall–Kier alpha value is -1.77. The van der Waals surface area contributed by atoms with Crippen LogP contribution in [0.4, 0.5) is 4.79 Å². The summed E-state index contributed by atoms with van der Waals surface area (Å²) in [6.45, 7) is 7.69. The van der Waals surface area contributed by atoms with Gasteiger partial charge in [-0.15, -0.1) is 0 Å². The smallest absolute Gasteiger partial charge is 0.418 e. The van der Waals surface area contributed by atoms with Crippen molar-refractivity contribution in [3.8, 4) is 0 Å². The maximum atomic E-state index is 12.3. The predicted molar refractivity (Wildman–Crippen MR) is 80.3 cm³/mol. The molecule has 0 amide bonds. The van der Waals surface area contributed by atoms with Crippen LogP contribution in [0.15, 0.2) is 24.4 Å². The van der Waals surface area contributed by atoms with Crippen molar-refractivity contribution < 1.29 is 9.53 Å². The summed E-state index contributed by atoms with van der Waals surface area (Å²) in [5.41, 5.74) is 2.97. The van der Waals surface area contributed by atoms with Crippen molar-refractivity contribution in [3.05, 3.63) is 35.5 Å². The van der Waals surface area contributed by atoms with E-state index in [4.69, 9.17) is 4.74 Å². The second-order valence-corrected chi connectivity index (χ2v) is 6.71. The van der Waals surface area contributed by atoms with E-state index in [1.54, 1.807) is 4.57 Å². The molecule has 3 nitrogen and oxygen atoms in total. The highest BCUT2D eigenvalue weighted by Gasteiger charge is 2.25. The lowest BCUT2D eigenvalue weighted by Crippen LogP contribution is -2.26. The molecule has 0 atom stereocenters. The van der Waals surface area contributed by atoms with Crippen LogP contribution in [0, 0.1) is 6.92 Å². The van der Waals surface area contributed by atoms with E-state index >= 15 is 0 Å². The number of fused-ring (bicyclic) bond motifs is 1. The van der Waals surface area contributed by atoms with Gasteiger partial charge in [0.05, 0.1) is 5.52 Å². The lowest BCUT2D eigenvalue weighted by atomic mass is 10.1. The minimum absolute atomic E-state index is 0.310. The summed E-state index contributed by atoms with van der Waals surface area (Å²) in [7, 11) is 0. The van der Waals surface area contributed by atoms with Crippen molar-refractivity contribution in [2.24, 2.45) is 0 Å². The molecule has 0 radical (unpaired) electrons. The fourth-order valence-corrected chi connectivity index (χ4v) is 2.55. The van der Waals surface area contributed by atoms with Crippen LogP contribution in [-0.4, -0.2) is 16.3 Å². The molecular formula is C17H21NO2. The van der Waals surface area contributed by atoms with Crippen LogP contribution in [0.5, 0.6) is 0 Å². The Balaban J connectivity index is 2.02. The first-order valence-corrected chi connectivity index (χ1v) is 7.20. The monoisotopic (exact) mass is 271 g/mol. The molecule has 1 saturated carbocycles. The molecule has 106 valence electrons. The first-order valence-electron chi connectivity index (χ1n) is 7.20. The van der Waals surface area contributed by atoms with Gasteiger partial charge in [-0.2, -0.15) is 0 Å². The maximum Gasteiger partial charge on any atom is 0.418 e. The first-order chi connectivity index (χ1) is 9.35. The molecule has 0 saturated heterocycles. The molecule has 1 aliphatic carbocycles. The van der Waals surface area contributed by atoms with E-state index in [2.05, 4.69) is 12.1 Å². The maximum absolute atomic E-state index is 12.3. The number of aromatic nitrogens is 1. The van der Waals surface area contributed by atoms with Gasteiger partial charge in [-0.05, 0) is 69.7 Å². The Morgan fingerprint density at radius 2 is 2.00 bits per heavy atom. The average molecular weight is 271 g/mol. The highest BCUT2D eigenvalue weighted by molar-refractivity contribution is 5.92. The number of hydrogen-bond donors (Lipinski definition) is 0. The summed E-state index contributed by atoms with van der Waals surface area (Å²) in [6, 6.07) is 6.41. The normalized spacial score (nSPS) is 15.6. The summed E-state index contributed by atoms with van der Waals surface area (Å²) >= 11 is 0. The molecule has 1 aliphatic rings. The van der Waals surface area contributed by atoms with Crippen LogP contribution in [0.1, 0.15) is 50.7 Å². The van der Waals surface area contributed by atoms with Gasteiger partial charge in [0.2, 0.25) is 0 Å². The fourth-order valence-electron chi connectivity index (χ4n) is 2.55. The molecular weight excluding hydrogens is 250 g/mol. The van der Waals surface area contributed by atoms with Crippen molar-refractivity contribution in [3.63, 3.8) is 0 Å². The molecule has 0 bridgehead atoms. The van der Waals surface area contributed by atoms with Gasteiger partial charge < -0.3 is 4.74 Å². The number of benzene rings is 1. The van der Waals surface area contributed by atoms with Crippen LogP contribution >= 0.6 is 0 Å². The molecule has 0 spiro atoms. The Morgan fingerprint density at radius 1 is 1.30 bits per heavy atom. The lowest BCUT2D eigenvalue weighted by Gasteiger charge is -2.19. The van der Waals surface area contributed by atoms with Gasteiger partial charge in [0.15, 0.2) is 0 Å². The number of carbonyl (C=O) groups excluding carboxylic acids is 1. The van der Waals surface area contributed by atoms with Gasteiger partial charge in [-0.3, -0.25) is 4.57 Å². The zero-order chi connectivity index (χ0) is 14.5. The van der Waals surface area contributed by atoms with Crippen molar-refractivity contribution in [1.82, 2.24) is 4.57 Å². The molecule has 0 N–H and O–H groups in total. The van der Waals surface area contributed by atoms with Crippen LogP contribution in [0.25, 0.3) is 10.9 Å². The third-order valence-electron chi connectivity index (χ3n) is 3.67. The minimum Gasteiger partial charge on any atom is -0.443 e. The van der Waals surface area contributed by atoms with Gasteiger partial charge in [0, 0.05) is 11.6 Å². The third kappa shape index (κ3) is 2.45. The van der Waals surface area contributed by atoms with Crippen molar-refractivity contribution in [2.75, 3.05) is 0 Å². The van der Waals surface area contributed by atoms with Gasteiger partial charge in [0.1, 0.15) is 5.60 Å². The van der Waals surface area contributed by atoms with Crippen LogP contribution in [0.2, 0.25) is 0 Å². The van der Waals surface area contributed by atoms with E-state index in [9.17, 15) is 4.79 Å². The van der Waals surface area contributed by atoms with E-state index in [0.717, 1.165) is 22.4 Å². The number of rotatable bonds is 1. The van der Waals surface area contributed by atoms with Gasteiger partial charge in [-0.1, -0.05) is 6.07 Å². The molecule has 1 heterocycles. The summed E-state index contributed by atoms with van der Waals surface area (Å²) in [6.07, 6.45) is 4.14. The Bertz CT molecular complexity index is 672. The standard InChI is InChI=1S/C17H21NO2/c1-11-10-18(16(19)20-17(2,3)4)15-8-7-13(9-14(11)15)12-5-6-12/h7-10,12H,5-6H2,1-4H3. The van der Waals surface area contributed by atoms with Gasteiger partial charge >= 0.3 is 6.09 Å². The van der Waals surface area contributed by atoms with Crippen LogP contribution in [-0.2, 0) is 4.74 Å². The second-order valence-electron chi connectivity index (χ2n) is 6.71. The molecule has 1 aromatic carbocycles. The second kappa shape index (κ2) is 4.37. The lowest BCUT2D eigenvalue weighted by molar-refractivity contribution is 0.0544. The quantitative estimate of drug-likeness (QED) is 0.758. The number of carbonyl (C=O) groups is 1. The van der Waals surface area contributed by atoms with Gasteiger partial charge in [0.25, 0.3) is 0 Å². The Labute approximate surface area is 119 Å². The molecule has 2 aromatic rings. The average Bonchev–Trinajstić information content (AvgIpc) is 3.13.